The number of carboxylic acids is 1. The summed E-state index contributed by atoms with van der Waals surface area (Å²) in [7, 11) is 0. The molecule has 0 aliphatic heterocycles. The van der Waals surface area contributed by atoms with Crippen molar-refractivity contribution < 1.29 is 15.0 Å². The maximum Gasteiger partial charge on any atom is 0.325 e. The average molecular weight is 376 g/mol. The third-order valence-electron chi connectivity index (χ3n) is 4.39. The second kappa shape index (κ2) is 7.41. The minimum atomic E-state index is -0.924. The highest BCUT2D eigenvalue weighted by Gasteiger charge is 2.29. The summed E-state index contributed by atoms with van der Waals surface area (Å²) in [6, 6.07) is 6.75. The lowest BCUT2D eigenvalue weighted by atomic mass is 9.77. The van der Waals surface area contributed by atoms with Crippen LogP contribution in [0.15, 0.2) is 29.6 Å². The average Bonchev–Trinajstić information content (AvgIpc) is 2.99. The molecule has 0 aliphatic carbocycles. The van der Waals surface area contributed by atoms with E-state index in [2.05, 4.69) is 5.32 Å². The van der Waals surface area contributed by atoms with Crippen molar-refractivity contribution in [2.45, 2.75) is 65.0 Å². The Morgan fingerprint density at radius 1 is 1.12 bits per heavy atom. The molecule has 3 N–H and O–H groups in total. The molecule has 1 atom stereocenters. The van der Waals surface area contributed by atoms with Gasteiger partial charge in [-0.05, 0) is 51.1 Å². The van der Waals surface area contributed by atoms with Gasteiger partial charge in [-0.15, -0.1) is 11.3 Å². The normalized spacial score (nSPS) is 13.6. The van der Waals surface area contributed by atoms with E-state index in [9.17, 15) is 15.0 Å². The van der Waals surface area contributed by atoms with Crippen LogP contribution in [0, 0.1) is 0 Å². The number of thiophene rings is 1. The first-order valence-electron chi connectivity index (χ1n) is 8.77. The summed E-state index contributed by atoms with van der Waals surface area (Å²) in [4.78, 5) is 13.0. The van der Waals surface area contributed by atoms with Gasteiger partial charge in [-0.2, -0.15) is 0 Å². The molecule has 0 saturated carbocycles. The molecule has 1 unspecified atom stereocenters. The Morgan fingerprint density at radius 2 is 1.65 bits per heavy atom. The smallest absolute Gasteiger partial charge is 0.325 e. The molecule has 2 rings (SSSR count). The highest BCUT2D eigenvalue weighted by Crippen LogP contribution is 2.41. The van der Waals surface area contributed by atoms with Crippen molar-refractivity contribution >= 4 is 17.3 Å². The molecule has 0 spiro atoms. The van der Waals surface area contributed by atoms with Gasteiger partial charge in [0.1, 0.15) is 11.8 Å². The van der Waals surface area contributed by atoms with Gasteiger partial charge < -0.3 is 10.2 Å². The van der Waals surface area contributed by atoms with Gasteiger partial charge in [0.15, 0.2) is 0 Å². The largest absolute Gasteiger partial charge is 0.507 e. The number of carboxylic acid groups (broad SMARTS) is 1. The van der Waals surface area contributed by atoms with E-state index in [0.29, 0.717) is 12.1 Å². The van der Waals surface area contributed by atoms with Gasteiger partial charge in [-0.25, -0.2) is 0 Å². The van der Waals surface area contributed by atoms with Gasteiger partial charge in [-0.3, -0.25) is 10.1 Å². The number of hydrogen-bond donors (Lipinski definition) is 3. The Kier molecular flexibility index (Phi) is 5.83. The Morgan fingerprint density at radius 3 is 2.04 bits per heavy atom. The van der Waals surface area contributed by atoms with Gasteiger partial charge in [0.25, 0.3) is 0 Å². The summed E-state index contributed by atoms with van der Waals surface area (Å²) in [6.45, 7) is 12.6. The Hall–Kier alpha value is -1.85. The van der Waals surface area contributed by atoms with E-state index in [4.69, 9.17) is 0 Å². The van der Waals surface area contributed by atoms with Crippen LogP contribution in [0.3, 0.4) is 0 Å². The van der Waals surface area contributed by atoms with Crippen molar-refractivity contribution in [2.75, 3.05) is 0 Å². The number of phenolic OH excluding ortho intramolecular Hbond substituents is 1. The quantitative estimate of drug-likeness (QED) is 0.690. The lowest BCUT2D eigenvalue weighted by Gasteiger charge is -2.29. The standard InChI is InChI=1S/C21H29NO3S/c1-20(2,3)15-10-13(11-16(18(15)23)21(4,5)6)17(19(24)25)22-12-14-8-7-9-26-14/h7-11,17,22-23H,12H2,1-6H3,(H,24,25). The monoisotopic (exact) mass is 375 g/mol. The van der Waals surface area contributed by atoms with Crippen LogP contribution in [0.2, 0.25) is 0 Å². The molecule has 4 nitrogen and oxygen atoms in total. The minimum absolute atomic E-state index is 0.260. The maximum atomic E-state index is 11.9. The van der Waals surface area contributed by atoms with Crippen LogP contribution < -0.4 is 5.32 Å². The number of benzene rings is 1. The van der Waals surface area contributed by atoms with Crippen molar-refractivity contribution in [1.82, 2.24) is 5.32 Å². The fourth-order valence-electron chi connectivity index (χ4n) is 2.93. The van der Waals surface area contributed by atoms with Crippen molar-refractivity contribution in [3.63, 3.8) is 0 Å². The number of rotatable bonds is 5. The fraction of sp³-hybridized carbons (Fsp3) is 0.476. The molecular weight excluding hydrogens is 346 g/mol. The maximum absolute atomic E-state index is 11.9. The Labute approximate surface area is 159 Å². The van der Waals surface area contributed by atoms with Crippen LogP contribution in [0.5, 0.6) is 5.75 Å². The molecule has 0 amide bonds. The van der Waals surface area contributed by atoms with E-state index in [0.717, 1.165) is 16.0 Å². The zero-order valence-electron chi connectivity index (χ0n) is 16.4. The molecule has 1 heterocycles. The van der Waals surface area contributed by atoms with E-state index in [1.54, 1.807) is 11.3 Å². The van der Waals surface area contributed by atoms with E-state index >= 15 is 0 Å². The molecule has 2 aromatic rings. The number of carbonyl (C=O) groups is 1. The van der Waals surface area contributed by atoms with Gasteiger partial charge in [0.2, 0.25) is 0 Å². The number of hydrogen-bond acceptors (Lipinski definition) is 4. The summed E-state index contributed by atoms with van der Waals surface area (Å²) in [5.41, 5.74) is 1.61. The van der Waals surface area contributed by atoms with Crippen LogP contribution >= 0.6 is 11.3 Å². The number of nitrogens with one attached hydrogen (secondary N) is 1. The number of aliphatic carboxylic acids is 1. The highest BCUT2D eigenvalue weighted by molar-refractivity contribution is 7.09. The summed E-state index contributed by atoms with van der Waals surface area (Å²) in [5, 5.41) is 25.7. The van der Waals surface area contributed by atoms with Crippen molar-refractivity contribution in [2.24, 2.45) is 0 Å². The molecular formula is C21H29NO3S. The van der Waals surface area contributed by atoms with Gasteiger partial charge in [-0.1, -0.05) is 47.6 Å². The molecule has 0 radical (unpaired) electrons. The predicted molar refractivity (Wildman–Crippen MR) is 107 cm³/mol. The molecule has 1 aromatic heterocycles. The van der Waals surface area contributed by atoms with Crippen LogP contribution in [0.4, 0.5) is 0 Å². The molecule has 0 aliphatic rings. The lowest BCUT2D eigenvalue weighted by molar-refractivity contribution is -0.139. The van der Waals surface area contributed by atoms with Crippen LogP contribution in [-0.2, 0) is 22.2 Å². The van der Waals surface area contributed by atoms with Gasteiger partial charge >= 0.3 is 5.97 Å². The summed E-state index contributed by atoms with van der Waals surface area (Å²) in [5.74, 6) is -0.664. The van der Waals surface area contributed by atoms with Crippen molar-refractivity contribution in [3.8, 4) is 5.75 Å². The minimum Gasteiger partial charge on any atom is -0.507 e. The second-order valence-corrected chi connectivity index (χ2v) is 9.73. The van der Waals surface area contributed by atoms with Crippen LogP contribution in [0.25, 0.3) is 0 Å². The third kappa shape index (κ3) is 4.65. The van der Waals surface area contributed by atoms with E-state index in [-0.39, 0.29) is 16.6 Å². The third-order valence-corrected chi connectivity index (χ3v) is 5.27. The number of phenols is 1. The topological polar surface area (TPSA) is 69.6 Å². The van der Waals surface area contributed by atoms with E-state index in [1.165, 1.54) is 0 Å². The zero-order valence-corrected chi connectivity index (χ0v) is 17.2. The fourth-order valence-corrected chi connectivity index (χ4v) is 3.59. The molecule has 0 fully saturated rings. The van der Waals surface area contributed by atoms with Crippen LogP contribution in [0.1, 0.15) is 69.2 Å². The SMILES string of the molecule is CC(C)(C)c1cc(C(NCc2cccs2)C(=O)O)cc(C(C)(C)C)c1O. The second-order valence-electron chi connectivity index (χ2n) is 8.70. The predicted octanol–water partition coefficient (Wildman–Crippen LogP) is 4.96. The Balaban J connectivity index is 2.52. The van der Waals surface area contributed by atoms with Crippen LogP contribution in [-0.4, -0.2) is 16.2 Å². The Bertz CT molecular complexity index is 733. The molecule has 0 bridgehead atoms. The molecule has 5 heteroatoms. The number of aromatic hydroxyl groups is 1. The lowest BCUT2D eigenvalue weighted by Crippen LogP contribution is -2.29. The van der Waals surface area contributed by atoms with Crippen molar-refractivity contribution in [1.29, 1.82) is 0 Å². The van der Waals surface area contributed by atoms with E-state index < -0.39 is 12.0 Å². The van der Waals surface area contributed by atoms with Gasteiger partial charge in [0, 0.05) is 11.4 Å². The first-order valence-corrected chi connectivity index (χ1v) is 9.65. The van der Waals surface area contributed by atoms with Gasteiger partial charge in [0.05, 0.1) is 0 Å². The molecule has 0 saturated heterocycles. The molecule has 26 heavy (non-hydrogen) atoms. The van der Waals surface area contributed by atoms with E-state index in [1.807, 2.05) is 71.2 Å². The first-order chi connectivity index (χ1) is 11.9. The van der Waals surface area contributed by atoms with Crippen molar-refractivity contribution in [3.05, 3.63) is 51.2 Å². The highest BCUT2D eigenvalue weighted by atomic mass is 32.1. The molecule has 142 valence electrons. The summed E-state index contributed by atoms with van der Waals surface area (Å²) < 4.78 is 0. The summed E-state index contributed by atoms with van der Waals surface area (Å²) in [6.07, 6.45) is 0. The summed E-state index contributed by atoms with van der Waals surface area (Å²) >= 11 is 1.59. The molecule has 1 aromatic carbocycles. The first kappa shape index (κ1) is 20.5. The zero-order chi connectivity index (χ0) is 19.7.